The number of aryl methyl sites for hydroxylation is 1. The van der Waals surface area contributed by atoms with Crippen LogP contribution in [0.3, 0.4) is 0 Å². The van der Waals surface area contributed by atoms with Gasteiger partial charge in [-0.2, -0.15) is 5.10 Å². The van der Waals surface area contributed by atoms with Crippen molar-refractivity contribution in [3.05, 3.63) is 42.9 Å². The monoisotopic (exact) mass is 439 g/mol. The number of piperazine rings is 1. The number of likely N-dealkylation sites (N-methyl/N-ethyl adjacent to an activating group) is 1. The van der Waals surface area contributed by atoms with Gasteiger partial charge in [0.15, 0.2) is 0 Å². The van der Waals surface area contributed by atoms with Gasteiger partial charge in [0, 0.05) is 76.9 Å². The van der Waals surface area contributed by atoms with Crippen LogP contribution in [0.25, 0.3) is 0 Å². The number of amides is 2. The Kier molecular flexibility index (Phi) is 7.36. The summed E-state index contributed by atoms with van der Waals surface area (Å²) in [6.45, 7) is 5.14. The molecule has 4 rings (SSSR count). The fourth-order valence-electron chi connectivity index (χ4n) is 4.63. The highest BCUT2D eigenvalue weighted by Gasteiger charge is 2.32. The molecule has 2 aromatic rings. The van der Waals surface area contributed by atoms with E-state index in [1.54, 1.807) is 17.1 Å². The van der Waals surface area contributed by atoms with Crippen LogP contribution in [0.1, 0.15) is 19.3 Å². The first-order valence-corrected chi connectivity index (χ1v) is 11.5. The van der Waals surface area contributed by atoms with Crippen molar-refractivity contribution < 1.29 is 9.59 Å². The van der Waals surface area contributed by atoms with Gasteiger partial charge in [0.05, 0.1) is 5.92 Å². The topological polar surface area (TPSA) is 86.6 Å². The van der Waals surface area contributed by atoms with E-state index < -0.39 is 0 Å². The average molecular weight is 440 g/mol. The van der Waals surface area contributed by atoms with Crippen molar-refractivity contribution in [2.24, 2.45) is 5.92 Å². The van der Waals surface area contributed by atoms with E-state index in [1.165, 1.54) is 0 Å². The molecule has 9 nitrogen and oxygen atoms in total. The van der Waals surface area contributed by atoms with E-state index >= 15 is 0 Å². The Morgan fingerprint density at radius 1 is 1.06 bits per heavy atom. The largest absolute Gasteiger partial charge is 0.353 e. The molecule has 2 atom stereocenters. The number of anilines is 1. The normalized spacial score (nSPS) is 22.4. The molecule has 2 saturated heterocycles. The van der Waals surface area contributed by atoms with E-state index in [1.807, 2.05) is 42.4 Å². The van der Waals surface area contributed by atoms with E-state index in [-0.39, 0.29) is 23.8 Å². The maximum Gasteiger partial charge on any atom is 0.227 e. The second-order valence-electron chi connectivity index (χ2n) is 8.78. The van der Waals surface area contributed by atoms with Crippen LogP contribution in [-0.4, -0.2) is 88.7 Å². The van der Waals surface area contributed by atoms with Crippen molar-refractivity contribution >= 4 is 17.6 Å². The molecule has 2 fully saturated rings. The number of carbonyl (C=O) groups excluding carboxylic acids is 2. The lowest BCUT2D eigenvalue weighted by molar-refractivity contribution is -0.136. The van der Waals surface area contributed by atoms with E-state index in [2.05, 4.69) is 25.2 Å². The van der Waals surface area contributed by atoms with Gasteiger partial charge >= 0.3 is 0 Å². The van der Waals surface area contributed by atoms with Gasteiger partial charge in [-0.25, -0.2) is 4.98 Å². The first-order valence-electron chi connectivity index (χ1n) is 11.5. The van der Waals surface area contributed by atoms with E-state index in [0.717, 1.165) is 57.9 Å². The third-order valence-electron chi connectivity index (χ3n) is 6.33. The van der Waals surface area contributed by atoms with Gasteiger partial charge in [0.2, 0.25) is 11.8 Å². The van der Waals surface area contributed by atoms with Gasteiger partial charge in [-0.3, -0.25) is 14.3 Å². The minimum Gasteiger partial charge on any atom is -0.353 e. The molecule has 172 valence electrons. The van der Waals surface area contributed by atoms with Gasteiger partial charge in [0.1, 0.15) is 5.82 Å². The third-order valence-corrected chi connectivity index (χ3v) is 6.33. The maximum atomic E-state index is 13.2. The van der Waals surface area contributed by atoms with Crippen molar-refractivity contribution in [3.8, 4) is 0 Å². The molecule has 0 radical (unpaired) electrons. The molecule has 1 N–H and O–H groups in total. The Labute approximate surface area is 189 Å². The van der Waals surface area contributed by atoms with Crippen LogP contribution in [0.15, 0.2) is 42.9 Å². The summed E-state index contributed by atoms with van der Waals surface area (Å²) in [5, 5.41) is 7.29. The van der Waals surface area contributed by atoms with E-state index in [4.69, 9.17) is 0 Å². The second-order valence-corrected chi connectivity index (χ2v) is 8.78. The summed E-state index contributed by atoms with van der Waals surface area (Å²) in [6.07, 6.45) is 7.41. The van der Waals surface area contributed by atoms with Crippen molar-refractivity contribution in [1.82, 2.24) is 29.9 Å². The summed E-state index contributed by atoms with van der Waals surface area (Å²) in [6, 6.07) is 7.85. The van der Waals surface area contributed by atoms with Crippen molar-refractivity contribution in [3.63, 3.8) is 0 Å². The van der Waals surface area contributed by atoms with Crippen LogP contribution < -0.4 is 10.2 Å². The minimum atomic E-state index is -0.0209. The Bertz CT molecular complexity index is 866. The zero-order valence-corrected chi connectivity index (χ0v) is 18.8. The fraction of sp³-hybridized carbons (Fsp3) is 0.565. The average Bonchev–Trinajstić information content (AvgIpc) is 3.27. The molecule has 0 saturated carbocycles. The van der Waals surface area contributed by atoms with E-state index in [9.17, 15) is 9.59 Å². The molecule has 4 heterocycles. The number of hydrogen-bond donors (Lipinski definition) is 1. The van der Waals surface area contributed by atoms with Crippen LogP contribution in [-0.2, 0) is 16.1 Å². The number of carbonyl (C=O) groups is 2. The molecule has 9 heteroatoms. The first kappa shape index (κ1) is 22.3. The maximum absolute atomic E-state index is 13.2. The van der Waals surface area contributed by atoms with Crippen molar-refractivity contribution in [2.75, 3.05) is 51.2 Å². The number of pyridine rings is 1. The molecule has 0 spiro atoms. The zero-order valence-electron chi connectivity index (χ0n) is 18.8. The standard InChI is InChI=1S/C23H33N7O2/c1-27-17-19(6-7-20(18-27)26-22(31)8-12-30-11-4-10-25-30)23(32)29-15-13-28(14-16-29)21-5-2-3-9-24-21/h2-5,9-11,19-20H,6-8,12-18H2,1H3,(H,26,31)/t19-,20+/m1/s1. The number of nitrogens with zero attached hydrogens (tertiary/aromatic N) is 6. The smallest absolute Gasteiger partial charge is 0.227 e. The fourth-order valence-corrected chi connectivity index (χ4v) is 4.63. The summed E-state index contributed by atoms with van der Waals surface area (Å²) < 4.78 is 1.76. The molecule has 2 aromatic heterocycles. The Hall–Kier alpha value is -2.94. The molecule has 32 heavy (non-hydrogen) atoms. The Morgan fingerprint density at radius 3 is 2.62 bits per heavy atom. The van der Waals surface area contributed by atoms with Gasteiger partial charge < -0.3 is 20.0 Å². The lowest BCUT2D eigenvalue weighted by atomic mass is 9.99. The summed E-state index contributed by atoms with van der Waals surface area (Å²) in [7, 11) is 2.04. The SMILES string of the molecule is CN1C[C@@H](NC(=O)CCn2cccn2)CC[C@@H](C(=O)N2CCN(c3ccccn3)CC2)C1. The highest BCUT2D eigenvalue weighted by molar-refractivity contribution is 5.79. The summed E-state index contributed by atoms with van der Waals surface area (Å²) in [5.41, 5.74) is 0. The lowest BCUT2D eigenvalue weighted by Crippen LogP contribution is -2.51. The van der Waals surface area contributed by atoms with Gasteiger partial charge in [0.25, 0.3) is 0 Å². The van der Waals surface area contributed by atoms with Gasteiger partial charge in [-0.1, -0.05) is 6.07 Å². The molecule has 0 bridgehead atoms. The van der Waals surface area contributed by atoms with Crippen LogP contribution in [0.4, 0.5) is 5.82 Å². The number of aromatic nitrogens is 3. The van der Waals surface area contributed by atoms with E-state index in [0.29, 0.717) is 13.0 Å². The minimum absolute atomic E-state index is 0.0209. The van der Waals surface area contributed by atoms with Crippen molar-refractivity contribution in [1.29, 1.82) is 0 Å². The van der Waals surface area contributed by atoms with Crippen LogP contribution >= 0.6 is 0 Å². The third kappa shape index (κ3) is 5.85. The molecule has 2 amide bonds. The number of likely N-dealkylation sites (tertiary alicyclic amines) is 1. The predicted molar refractivity (Wildman–Crippen MR) is 122 cm³/mol. The highest BCUT2D eigenvalue weighted by atomic mass is 16.2. The number of nitrogens with one attached hydrogen (secondary N) is 1. The predicted octanol–water partition coefficient (Wildman–Crippen LogP) is 0.844. The number of hydrogen-bond acceptors (Lipinski definition) is 6. The lowest BCUT2D eigenvalue weighted by Gasteiger charge is -2.37. The van der Waals surface area contributed by atoms with Crippen LogP contribution in [0.5, 0.6) is 0 Å². The van der Waals surface area contributed by atoms with Gasteiger partial charge in [-0.15, -0.1) is 0 Å². The first-order chi connectivity index (χ1) is 15.6. The molecule has 2 aliphatic rings. The molecule has 0 unspecified atom stereocenters. The molecule has 2 aliphatic heterocycles. The zero-order chi connectivity index (χ0) is 22.3. The number of rotatable bonds is 6. The van der Waals surface area contributed by atoms with Gasteiger partial charge in [-0.05, 0) is 38.1 Å². The Morgan fingerprint density at radius 2 is 1.91 bits per heavy atom. The molecule has 0 aromatic carbocycles. The summed E-state index contributed by atoms with van der Waals surface area (Å²) in [4.78, 5) is 36.4. The summed E-state index contributed by atoms with van der Waals surface area (Å²) >= 11 is 0. The second kappa shape index (κ2) is 10.6. The molecular formula is C23H33N7O2. The summed E-state index contributed by atoms with van der Waals surface area (Å²) in [5.74, 6) is 1.23. The Balaban J connectivity index is 1.24. The quantitative estimate of drug-likeness (QED) is 0.718. The molecular weight excluding hydrogens is 406 g/mol. The highest BCUT2D eigenvalue weighted by Crippen LogP contribution is 2.20. The van der Waals surface area contributed by atoms with Crippen molar-refractivity contribution in [2.45, 2.75) is 31.8 Å². The molecule has 0 aliphatic carbocycles. The van der Waals surface area contributed by atoms with Crippen LogP contribution in [0.2, 0.25) is 0 Å². The van der Waals surface area contributed by atoms with Crippen LogP contribution in [0, 0.1) is 5.92 Å².